The molecule has 39 heavy (non-hydrogen) atoms. The van der Waals surface area contributed by atoms with Gasteiger partial charge in [0.2, 0.25) is 5.75 Å². The fourth-order valence-corrected chi connectivity index (χ4v) is 4.93. The summed E-state index contributed by atoms with van der Waals surface area (Å²) in [6.07, 6.45) is -1.21. The lowest BCUT2D eigenvalue weighted by molar-refractivity contribution is -0.536. The van der Waals surface area contributed by atoms with Gasteiger partial charge in [-0.1, -0.05) is 19.1 Å². The number of ether oxygens (including phenoxy) is 6. The van der Waals surface area contributed by atoms with Crippen LogP contribution < -0.4 is 23.7 Å². The summed E-state index contributed by atoms with van der Waals surface area (Å²) in [6.45, 7) is 3.17. The van der Waals surface area contributed by atoms with E-state index in [1.807, 2.05) is 13.0 Å². The van der Waals surface area contributed by atoms with E-state index < -0.39 is 34.6 Å². The molecule has 1 heterocycles. The van der Waals surface area contributed by atoms with E-state index >= 15 is 0 Å². The van der Waals surface area contributed by atoms with Crippen molar-refractivity contribution in [2.24, 2.45) is 0 Å². The number of esters is 1. The lowest BCUT2D eigenvalue weighted by atomic mass is 9.74. The van der Waals surface area contributed by atoms with Gasteiger partial charge in [-0.3, -0.25) is 14.9 Å². The molecule has 0 aliphatic carbocycles. The molecule has 11 heteroatoms. The van der Waals surface area contributed by atoms with Crippen LogP contribution in [0, 0.1) is 21.4 Å². The monoisotopic (exact) mass is 542 g/mol. The third-order valence-corrected chi connectivity index (χ3v) is 6.98. The first kappa shape index (κ1) is 29.4. The Labute approximate surface area is 227 Å². The Hall–Kier alpha value is -4.20. The predicted molar refractivity (Wildman–Crippen MR) is 140 cm³/mol. The number of rotatable bonds is 13. The van der Waals surface area contributed by atoms with Crippen LogP contribution >= 0.6 is 0 Å². The lowest BCUT2D eigenvalue weighted by Gasteiger charge is -2.32. The molecule has 2 aromatic rings. The molecule has 0 radical (unpaired) electrons. The van der Waals surface area contributed by atoms with Gasteiger partial charge in [-0.25, -0.2) is 0 Å². The number of hydrogen-bond acceptors (Lipinski definition) is 10. The quantitative estimate of drug-likeness (QED) is 0.202. The van der Waals surface area contributed by atoms with Gasteiger partial charge < -0.3 is 28.4 Å². The van der Waals surface area contributed by atoms with Crippen LogP contribution in [0.2, 0.25) is 0 Å². The van der Waals surface area contributed by atoms with Crippen LogP contribution in [0.15, 0.2) is 36.4 Å². The first-order valence-electron chi connectivity index (χ1n) is 12.6. The summed E-state index contributed by atoms with van der Waals surface area (Å²) in [6, 6.07) is 11.6. The summed E-state index contributed by atoms with van der Waals surface area (Å²) in [5, 5.41) is 22.6. The number of nitro groups is 1. The highest BCUT2D eigenvalue weighted by atomic mass is 16.6. The first-order chi connectivity index (χ1) is 18.7. The molecular formula is C28H34N2O9. The second-order valence-corrected chi connectivity index (χ2v) is 9.20. The first-order valence-corrected chi connectivity index (χ1v) is 12.6. The van der Waals surface area contributed by atoms with Crippen molar-refractivity contribution in [1.29, 1.82) is 5.26 Å². The van der Waals surface area contributed by atoms with E-state index in [0.717, 1.165) is 0 Å². The highest BCUT2D eigenvalue weighted by Crippen LogP contribution is 2.47. The highest BCUT2D eigenvalue weighted by molar-refractivity contribution is 5.66. The van der Waals surface area contributed by atoms with E-state index in [0.29, 0.717) is 40.7 Å². The third kappa shape index (κ3) is 6.45. The van der Waals surface area contributed by atoms with Crippen LogP contribution in [0.25, 0.3) is 0 Å². The van der Waals surface area contributed by atoms with Crippen molar-refractivity contribution in [2.45, 2.75) is 63.2 Å². The Bertz CT molecular complexity index is 1210. The maximum atomic E-state index is 12.2. The molecular weight excluding hydrogens is 508 g/mol. The molecule has 4 unspecified atom stereocenters. The lowest BCUT2D eigenvalue weighted by Crippen LogP contribution is -2.43. The number of fused-ring (bicyclic) bond motifs is 1. The number of carbonyl (C=O) groups excluding carboxylic acids is 1. The minimum atomic E-state index is -1.28. The minimum Gasteiger partial charge on any atom is -0.493 e. The molecule has 11 nitrogen and oxygen atoms in total. The van der Waals surface area contributed by atoms with Crippen molar-refractivity contribution in [1.82, 2.24) is 0 Å². The largest absolute Gasteiger partial charge is 0.493 e. The molecule has 0 fully saturated rings. The van der Waals surface area contributed by atoms with E-state index in [9.17, 15) is 20.2 Å². The van der Waals surface area contributed by atoms with Gasteiger partial charge in [0.05, 0.1) is 39.2 Å². The molecule has 3 rings (SSSR count). The van der Waals surface area contributed by atoms with Crippen LogP contribution in [-0.2, 0) is 14.9 Å². The zero-order chi connectivity index (χ0) is 28.6. The molecule has 0 bridgehead atoms. The summed E-state index contributed by atoms with van der Waals surface area (Å²) in [5.41, 5.74) is -0.569. The number of benzene rings is 2. The van der Waals surface area contributed by atoms with E-state index in [1.165, 1.54) is 28.3 Å². The molecule has 0 saturated carbocycles. The van der Waals surface area contributed by atoms with Gasteiger partial charge in [0, 0.05) is 17.4 Å². The Balaban J connectivity index is 1.90. The standard InChI is InChI=1S/C28H34N2O9/c1-6-28(17-29,20-11-12-25(34-3)27(36-5)26(20)35-4)14-13-22(38-18(2)31)21(30(32)33)15-19-16-37-23-9-7-8-10-24(23)39-19/h7-12,19,21-22H,6,13-16H2,1-5H3. The molecule has 1 aliphatic rings. The van der Waals surface area contributed by atoms with Crippen molar-refractivity contribution in [3.05, 3.63) is 52.1 Å². The van der Waals surface area contributed by atoms with Crippen LogP contribution in [0.3, 0.4) is 0 Å². The zero-order valence-electron chi connectivity index (χ0n) is 22.8. The van der Waals surface area contributed by atoms with E-state index in [2.05, 4.69) is 6.07 Å². The van der Waals surface area contributed by atoms with Crippen LogP contribution in [0.1, 0.15) is 45.1 Å². The van der Waals surface area contributed by atoms with Gasteiger partial charge in [-0.15, -0.1) is 0 Å². The number of nitrogens with zero attached hydrogens (tertiary/aromatic N) is 2. The van der Waals surface area contributed by atoms with Crippen molar-refractivity contribution >= 4 is 5.97 Å². The van der Waals surface area contributed by atoms with Gasteiger partial charge >= 0.3 is 5.97 Å². The summed E-state index contributed by atoms with van der Waals surface area (Å²) in [5.74, 6) is 1.51. The Morgan fingerprint density at radius 3 is 2.41 bits per heavy atom. The highest BCUT2D eigenvalue weighted by Gasteiger charge is 2.42. The number of carbonyl (C=O) groups is 1. The SMILES string of the molecule is CCC(C#N)(CCC(OC(C)=O)C(CC1COc2ccccc2O1)[N+](=O)[O-])c1ccc(OC)c(OC)c1OC. The van der Waals surface area contributed by atoms with Crippen LogP contribution in [-0.4, -0.2) is 57.1 Å². The number of nitriles is 1. The van der Waals surface area contributed by atoms with Gasteiger partial charge in [0.25, 0.3) is 6.04 Å². The van der Waals surface area contributed by atoms with Crippen molar-refractivity contribution in [3.63, 3.8) is 0 Å². The van der Waals surface area contributed by atoms with Crippen molar-refractivity contribution in [2.75, 3.05) is 27.9 Å². The average molecular weight is 543 g/mol. The summed E-state index contributed by atoms with van der Waals surface area (Å²) in [4.78, 5) is 23.8. The molecule has 0 aromatic heterocycles. The third-order valence-electron chi connectivity index (χ3n) is 6.98. The smallest absolute Gasteiger partial charge is 0.303 e. The summed E-state index contributed by atoms with van der Waals surface area (Å²) < 4.78 is 33.6. The Morgan fingerprint density at radius 2 is 1.85 bits per heavy atom. The Kier molecular flexibility index (Phi) is 9.82. The molecule has 0 N–H and O–H groups in total. The zero-order valence-corrected chi connectivity index (χ0v) is 22.8. The molecule has 0 amide bonds. The maximum Gasteiger partial charge on any atom is 0.303 e. The van der Waals surface area contributed by atoms with Gasteiger partial charge in [0.1, 0.15) is 12.7 Å². The van der Waals surface area contributed by atoms with Gasteiger partial charge in [-0.05, 0) is 43.5 Å². The fourth-order valence-electron chi connectivity index (χ4n) is 4.93. The minimum absolute atomic E-state index is 0.0499. The topological polar surface area (TPSA) is 139 Å². The molecule has 1 aliphatic heterocycles. The van der Waals surface area contributed by atoms with Crippen LogP contribution in [0.5, 0.6) is 28.7 Å². The Morgan fingerprint density at radius 1 is 1.15 bits per heavy atom. The molecule has 2 aromatic carbocycles. The van der Waals surface area contributed by atoms with E-state index in [1.54, 1.807) is 30.3 Å². The van der Waals surface area contributed by atoms with Crippen molar-refractivity contribution in [3.8, 4) is 34.8 Å². The average Bonchev–Trinajstić information content (AvgIpc) is 2.94. The van der Waals surface area contributed by atoms with Crippen LogP contribution in [0.4, 0.5) is 0 Å². The molecule has 0 saturated heterocycles. The van der Waals surface area contributed by atoms with Gasteiger partial charge in [0.15, 0.2) is 29.1 Å². The fraction of sp³-hybridized carbons (Fsp3) is 0.500. The maximum absolute atomic E-state index is 12.2. The number of hydrogen-bond donors (Lipinski definition) is 0. The molecule has 210 valence electrons. The summed E-state index contributed by atoms with van der Waals surface area (Å²) in [7, 11) is 4.43. The molecule has 0 spiro atoms. The van der Waals surface area contributed by atoms with E-state index in [4.69, 9.17) is 28.4 Å². The van der Waals surface area contributed by atoms with E-state index in [-0.39, 0.29) is 25.9 Å². The predicted octanol–water partition coefficient (Wildman–Crippen LogP) is 4.47. The van der Waals surface area contributed by atoms with Gasteiger partial charge in [-0.2, -0.15) is 5.26 Å². The summed E-state index contributed by atoms with van der Waals surface area (Å²) >= 11 is 0. The second-order valence-electron chi connectivity index (χ2n) is 9.20. The number of para-hydroxylation sites is 2. The number of methoxy groups -OCH3 is 3. The van der Waals surface area contributed by atoms with Crippen molar-refractivity contribution < 1.29 is 38.1 Å². The second kappa shape index (κ2) is 13.0. The normalized spacial score (nSPS) is 17.1. The molecule has 4 atom stereocenters.